The maximum Gasteiger partial charge on any atom is 0.322 e. The molecule has 1 aliphatic heterocycles. The predicted molar refractivity (Wildman–Crippen MR) is 89.4 cm³/mol. The number of nitrogens with one attached hydrogen (secondary N) is 3. The van der Waals surface area contributed by atoms with Crippen LogP contribution >= 0.6 is 11.6 Å². The lowest BCUT2D eigenvalue weighted by molar-refractivity contribution is -0.128. The van der Waals surface area contributed by atoms with Crippen molar-refractivity contribution in [1.82, 2.24) is 16.0 Å². The van der Waals surface area contributed by atoms with Gasteiger partial charge < -0.3 is 10.6 Å². The van der Waals surface area contributed by atoms with Gasteiger partial charge in [-0.05, 0) is 30.5 Å². The summed E-state index contributed by atoms with van der Waals surface area (Å²) in [4.78, 5) is 35.3. The SMILES string of the molecule is O=C(C[C@H]1NC(=O)NC1=O)NC1(c2ccc(Cl)cc2)CCCCC1. The van der Waals surface area contributed by atoms with Crippen LogP contribution in [0.4, 0.5) is 4.79 Å². The van der Waals surface area contributed by atoms with Crippen LogP contribution in [0.2, 0.25) is 5.02 Å². The highest BCUT2D eigenvalue weighted by molar-refractivity contribution is 6.30. The van der Waals surface area contributed by atoms with Crippen LogP contribution in [-0.4, -0.2) is 23.9 Å². The molecule has 2 fully saturated rings. The van der Waals surface area contributed by atoms with Gasteiger partial charge in [0.2, 0.25) is 5.91 Å². The van der Waals surface area contributed by atoms with E-state index in [2.05, 4.69) is 16.0 Å². The molecule has 0 spiro atoms. The highest BCUT2D eigenvalue weighted by Crippen LogP contribution is 2.37. The van der Waals surface area contributed by atoms with Crippen molar-refractivity contribution in [2.45, 2.75) is 50.1 Å². The van der Waals surface area contributed by atoms with Gasteiger partial charge in [-0.1, -0.05) is 43.0 Å². The molecule has 3 N–H and O–H groups in total. The molecule has 0 unspecified atom stereocenters. The Bertz CT molecular complexity index is 654. The minimum absolute atomic E-state index is 0.0626. The average molecular weight is 350 g/mol. The standard InChI is InChI=1S/C17H20ClN3O3/c18-12-6-4-11(5-7-12)17(8-2-1-3-9-17)21-14(22)10-13-15(23)20-16(24)19-13/h4-7,13H,1-3,8-10H2,(H,21,22)(H2,19,20,23,24)/t13-/m1/s1. The highest BCUT2D eigenvalue weighted by atomic mass is 35.5. The molecule has 0 bridgehead atoms. The van der Waals surface area contributed by atoms with Crippen LogP contribution in [0.5, 0.6) is 0 Å². The summed E-state index contributed by atoms with van der Waals surface area (Å²) >= 11 is 5.97. The van der Waals surface area contributed by atoms with Gasteiger partial charge >= 0.3 is 6.03 Å². The number of carbonyl (C=O) groups is 3. The summed E-state index contributed by atoms with van der Waals surface area (Å²) in [6.45, 7) is 0. The van der Waals surface area contributed by atoms with Gasteiger partial charge in [0, 0.05) is 5.02 Å². The molecule has 1 saturated carbocycles. The minimum atomic E-state index is -0.802. The van der Waals surface area contributed by atoms with E-state index in [1.165, 1.54) is 0 Å². The van der Waals surface area contributed by atoms with Crippen molar-refractivity contribution in [2.24, 2.45) is 0 Å². The van der Waals surface area contributed by atoms with Gasteiger partial charge in [-0.2, -0.15) is 0 Å². The van der Waals surface area contributed by atoms with Crippen molar-refractivity contribution >= 4 is 29.4 Å². The number of halogens is 1. The Morgan fingerprint density at radius 3 is 2.42 bits per heavy atom. The van der Waals surface area contributed by atoms with E-state index < -0.39 is 23.5 Å². The Balaban J connectivity index is 1.74. The van der Waals surface area contributed by atoms with E-state index in [1.807, 2.05) is 24.3 Å². The number of imide groups is 1. The molecule has 1 aromatic carbocycles. The number of hydrogen-bond donors (Lipinski definition) is 3. The lowest BCUT2D eigenvalue weighted by atomic mass is 9.76. The first-order valence-corrected chi connectivity index (χ1v) is 8.55. The van der Waals surface area contributed by atoms with E-state index in [9.17, 15) is 14.4 Å². The molecule has 1 aliphatic carbocycles. The van der Waals surface area contributed by atoms with E-state index >= 15 is 0 Å². The van der Waals surface area contributed by atoms with Crippen molar-refractivity contribution < 1.29 is 14.4 Å². The summed E-state index contributed by atoms with van der Waals surface area (Å²) in [5, 5.41) is 8.36. The van der Waals surface area contributed by atoms with Gasteiger partial charge in [-0.25, -0.2) is 4.79 Å². The van der Waals surface area contributed by atoms with Crippen LogP contribution in [0.1, 0.15) is 44.1 Å². The molecule has 7 heteroatoms. The quantitative estimate of drug-likeness (QED) is 0.728. The third-order valence-corrected chi connectivity index (χ3v) is 4.98. The summed E-state index contributed by atoms with van der Waals surface area (Å²) in [5.74, 6) is -0.700. The monoisotopic (exact) mass is 349 g/mol. The molecule has 1 heterocycles. The first-order chi connectivity index (χ1) is 11.5. The Morgan fingerprint density at radius 2 is 1.83 bits per heavy atom. The summed E-state index contributed by atoms with van der Waals surface area (Å²) < 4.78 is 0. The topological polar surface area (TPSA) is 87.3 Å². The van der Waals surface area contributed by atoms with E-state index in [0.717, 1.165) is 37.7 Å². The maximum atomic E-state index is 12.5. The molecule has 3 rings (SSSR count). The highest BCUT2D eigenvalue weighted by Gasteiger charge is 2.37. The van der Waals surface area contributed by atoms with Crippen molar-refractivity contribution in [3.05, 3.63) is 34.9 Å². The molecule has 0 aromatic heterocycles. The number of amides is 4. The van der Waals surface area contributed by atoms with Gasteiger partial charge in [-0.15, -0.1) is 0 Å². The van der Waals surface area contributed by atoms with Crippen molar-refractivity contribution in [2.75, 3.05) is 0 Å². The average Bonchev–Trinajstić information content (AvgIpc) is 2.86. The minimum Gasteiger partial charge on any atom is -0.347 e. The van der Waals surface area contributed by atoms with Crippen LogP contribution < -0.4 is 16.0 Å². The third-order valence-electron chi connectivity index (χ3n) is 4.73. The number of rotatable bonds is 4. The lowest BCUT2D eigenvalue weighted by Crippen LogP contribution is -2.49. The van der Waals surface area contributed by atoms with Gasteiger partial charge in [0.15, 0.2) is 0 Å². The first-order valence-electron chi connectivity index (χ1n) is 8.17. The molecule has 4 amide bonds. The molecule has 128 valence electrons. The zero-order valence-electron chi connectivity index (χ0n) is 13.2. The largest absolute Gasteiger partial charge is 0.347 e. The normalized spacial score (nSPS) is 22.6. The Labute approximate surface area is 145 Å². The molecule has 1 atom stereocenters. The predicted octanol–water partition coefficient (Wildman–Crippen LogP) is 2.21. The molecular weight excluding hydrogens is 330 g/mol. The van der Waals surface area contributed by atoms with Gasteiger partial charge in [0.25, 0.3) is 5.91 Å². The number of carbonyl (C=O) groups excluding carboxylic acids is 3. The molecule has 1 aromatic rings. The van der Waals surface area contributed by atoms with Crippen LogP contribution in [0.25, 0.3) is 0 Å². The van der Waals surface area contributed by atoms with Crippen molar-refractivity contribution in [3.63, 3.8) is 0 Å². The van der Waals surface area contributed by atoms with Crippen molar-refractivity contribution in [1.29, 1.82) is 0 Å². The third kappa shape index (κ3) is 3.53. The van der Waals surface area contributed by atoms with Gasteiger partial charge in [0.1, 0.15) is 6.04 Å². The molecule has 2 aliphatic rings. The Morgan fingerprint density at radius 1 is 1.17 bits per heavy atom. The fourth-order valence-corrected chi connectivity index (χ4v) is 3.64. The second kappa shape index (κ2) is 6.81. The molecule has 1 saturated heterocycles. The zero-order chi connectivity index (χ0) is 17.2. The van der Waals surface area contributed by atoms with Crippen LogP contribution in [0, 0.1) is 0 Å². The number of hydrogen-bond acceptors (Lipinski definition) is 3. The summed E-state index contributed by atoms with van der Waals surface area (Å²) in [5.41, 5.74) is 0.596. The molecule has 24 heavy (non-hydrogen) atoms. The summed E-state index contributed by atoms with van der Waals surface area (Å²) in [6.07, 6.45) is 4.85. The lowest BCUT2D eigenvalue weighted by Gasteiger charge is -2.39. The van der Waals surface area contributed by atoms with E-state index in [4.69, 9.17) is 11.6 Å². The van der Waals surface area contributed by atoms with Crippen LogP contribution in [0.15, 0.2) is 24.3 Å². The smallest absolute Gasteiger partial charge is 0.322 e. The summed E-state index contributed by atoms with van der Waals surface area (Å²) in [6, 6.07) is 6.18. The van der Waals surface area contributed by atoms with Crippen molar-refractivity contribution in [3.8, 4) is 0 Å². The van der Waals surface area contributed by atoms with E-state index in [1.54, 1.807) is 0 Å². The van der Waals surface area contributed by atoms with E-state index in [-0.39, 0.29) is 12.3 Å². The zero-order valence-corrected chi connectivity index (χ0v) is 14.0. The summed E-state index contributed by atoms with van der Waals surface area (Å²) in [7, 11) is 0. The van der Waals surface area contributed by atoms with E-state index in [0.29, 0.717) is 5.02 Å². The van der Waals surface area contributed by atoms with Gasteiger partial charge in [-0.3, -0.25) is 14.9 Å². The van der Waals surface area contributed by atoms with Crippen LogP contribution in [-0.2, 0) is 15.1 Å². The fraction of sp³-hybridized carbons (Fsp3) is 0.471. The number of urea groups is 1. The molecule has 6 nitrogen and oxygen atoms in total. The van der Waals surface area contributed by atoms with Crippen LogP contribution in [0.3, 0.4) is 0 Å². The Kier molecular flexibility index (Phi) is 4.76. The Hall–Kier alpha value is -2.08. The second-order valence-corrected chi connectivity index (χ2v) is 6.85. The molecule has 0 radical (unpaired) electrons. The van der Waals surface area contributed by atoms with Gasteiger partial charge in [0.05, 0.1) is 12.0 Å². The second-order valence-electron chi connectivity index (χ2n) is 6.42. The first kappa shape index (κ1) is 16.8. The molecular formula is C17H20ClN3O3. The maximum absolute atomic E-state index is 12.5. The fourth-order valence-electron chi connectivity index (χ4n) is 3.52. The number of benzene rings is 1.